The van der Waals surface area contributed by atoms with Crippen molar-refractivity contribution in [1.82, 2.24) is 4.98 Å². The number of hydrogen-bond donors (Lipinski definition) is 1. The van der Waals surface area contributed by atoms with Crippen molar-refractivity contribution in [3.05, 3.63) is 53.7 Å². The molecule has 0 fully saturated rings. The van der Waals surface area contributed by atoms with Gasteiger partial charge in [-0.3, -0.25) is 0 Å². The first-order valence-corrected chi connectivity index (χ1v) is 8.17. The molecule has 0 aliphatic rings. The minimum atomic E-state index is 0.710. The van der Waals surface area contributed by atoms with Crippen molar-refractivity contribution in [2.45, 2.75) is 33.6 Å². The second-order valence-electron chi connectivity index (χ2n) is 5.93. The van der Waals surface area contributed by atoms with Crippen LogP contribution in [0.1, 0.15) is 31.0 Å². The monoisotopic (exact) mass is 309 g/mol. The predicted octanol–water partition coefficient (Wildman–Crippen LogP) is 5.76. The van der Waals surface area contributed by atoms with Crippen molar-refractivity contribution in [3.8, 4) is 17.2 Å². The molecule has 2 aromatic carbocycles. The van der Waals surface area contributed by atoms with Gasteiger partial charge in [-0.15, -0.1) is 0 Å². The molecule has 0 aliphatic carbocycles. The Bertz CT molecular complexity index is 805. The smallest absolute Gasteiger partial charge is 0.169 e. The standard InChI is InChI=1S/C20H23NO2/c1-4-5-10-22-17-8-6-7-9-18(17)23-19-12-14(2)11-16-13-15(3)21-20(16)19/h6-9,11-13,21H,4-5,10H2,1-3H3. The van der Waals surface area contributed by atoms with Gasteiger partial charge in [0.05, 0.1) is 12.1 Å². The van der Waals surface area contributed by atoms with E-state index in [1.54, 1.807) is 0 Å². The van der Waals surface area contributed by atoms with Crippen LogP contribution >= 0.6 is 0 Å². The van der Waals surface area contributed by atoms with Crippen molar-refractivity contribution >= 4 is 10.9 Å². The molecule has 0 atom stereocenters. The summed E-state index contributed by atoms with van der Waals surface area (Å²) >= 11 is 0. The lowest BCUT2D eigenvalue weighted by molar-refractivity contribution is 0.295. The number of aryl methyl sites for hydroxylation is 2. The van der Waals surface area contributed by atoms with E-state index in [1.165, 1.54) is 10.9 Å². The highest BCUT2D eigenvalue weighted by atomic mass is 16.5. The molecular weight excluding hydrogens is 286 g/mol. The molecule has 3 heteroatoms. The molecule has 0 radical (unpaired) electrons. The van der Waals surface area contributed by atoms with E-state index in [0.29, 0.717) is 6.61 Å². The number of para-hydroxylation sites is 2. The lowest BCUT2D eigenvalue weighted by Crippen LogP contribution is -1.98. The van der Waals surface area contributed by atoms with E-state index in [2.05, 4.69) is 44.0 Å². The molecular formula is C20H23NO2. The summed E-state index contributed by atoms with van der Waals surface area (Å²) < 4.78 is 12.1. The van der Waals surface area contributed by atoms with Crippen LogP contribution in [0.3, 0.4) is 0 Å². The van der Waals surface area contributed by atoms with Crippen LogP contribution in [-0.2, 0) is 0 Å². The van der Waals surface area contributed by atoms with E-state index in [1.807, 2.05) is 24.3 Å². The minimum absolute atomic E-state index is 0.710. The average Bonchev–Trinajstić information content (AvgIpc) is 2.89. The molecule has 0 bridgehead atoms. The van der Waals surface area contributed by atoms with Crippen LogP contribution in [0.4, 0.5) is 0 Å². The first-order chi connectivity index (χ1) is 11.2. The number of aromatic amines is 1. The zero-order chi connectivity index (χ0) is 16.2. The zero-order valence-corrected chi connectivity index (χ0v) is 14.0. The third-order valence-corrected chi connectivity index (χ3v) is 3.80. The largest absolute Gasteiger partial charge is 0.490 e. The summed E-state index contributed by atoms with van der Waals surface area (Å²) in [5.74, 6) is 2.38. The van der Waals surface area contributed by atoms with E-state index < -0.39 is 0 Å². The number of rotatable bonds is 6. The van der Waals surface area contributed by atoms with E-state index in [4.69, 9.17) is 9.47 Å². The highest BCUT2D eigenvalue weighted by Gasteiger charge is 2.11. The van der Waals surface area contributed by atoms with Crippen LogP contribution in [0.15, 0.2) is 42.5 Å². The Hall–Kier alpha value is -2.42. The molecule has 0 amide bonds. The van der Waals surface area contributed by atoms with Gasteiger partial charge in [0, 0.05) is 11.1 Å². The van der Waals surface area contributed by atoms with E-state index in [9.17, 15) is 0 Å². The minimum Gasteiger partial charge on any atom is -0.490 e. The summed E-state index contributed by atoms with van der Waals surface area (Å²) in [5, 5.41) is 1.17. The molecule has 120 valence electrons. The van der Waals surface area contributed by atoms with Crippen LogP contribution < -0.4 is 9.47 Å². The van der Waals surface area contributed by atoms with Crippen LogP contribution in [0, 0.1) is 13.8 Å². The Morgan fingerprint density at radius 1 is 0.957 bits per heavy atom. The molecule has 23 heavy (non-hydrogen) atoms. The highest BCUT2D eigenvalue weighted by molar-refractivity contribution is 5.87. The van der Waals surface area contributed by atoms with Crippen molar-refractivity contribution in [2.75, 3.05) is 6.61 Å². The molecule has 1 heterocycles. The molecule has 1 N–H and O–H groups in total. The molecule has 0 saturated carbocycles. The van der Waals surface area contributed by atoms with Gasteiger partial charge in [-0.1, -0.05) is 25.5 Å². The van der Waals surface area contributed by atoms with Gasteiger partial charge in [0.1, 0.15) is 0 Å². The fraction of sp³-hybridized carbons (Fsp3) is 0.300. The lowest BCUT2D eigenvalue weighted by atomic mass is 10.1. The quantitative estimate of drug-likeness (QED) is 0.588. The molecule has 0 spiro atoms. The van der Waals surface area contributed by atoms with Crippen molar-refractivity contribution in [2.24, 2.45) is 0 Å². The van der Waals surface area contributed by atoms with Gasteiger partial charge in [0.2, 0.25) is 0 Å². The number of aromatic nitrogens is 1. The molecule has 0 unspecified atom stereocenters. The lowest BCUT2D eigenvalue weighted by Gasteiger charge is -2.13. The summed E-state index contributed by atoms with van der Waals surface area (Å²) in [5.41, 5.74) is 3.33. The van der Waals surface area contributed by atoms with Crippen LogP contribution in [0.5, 0.6) is 17.2 Å². The van der Waals surface area contributed by atoms with Crippen LogP contribution in [-0.4, -0.2) is 11.6 Å². The number of unbranched alkanes of at least 4 members (excludes halogenated alkanes) is 1. The fourth-order valence-corrected chi connectivity index (χ4v) is 2.67. The molecule has 3 nitrogen and oxygen atoms in total. The first kappa shape index (κ1) is 15.5. The number of benzene rings is 2. The Morgan fingerprint density at radius 3 is 2.52 bits per heavy atom. The third kappa shape index (κ3) is 3.50. The van der Waals surface area contributed by atoms with Gasteiger partial charge < -0.3 is 14.5 Å². The van der Waals surface area contributed by atoms with Crippen molar-refractivity contribution in [1.29, 1.82) is 0 Å². The van der Waals surface area contributed by atoms with E-state index in [-0.39, 0.29) is 0 Å². The third-order valence-electron chi connectivity index (χ3n) is 3.80. The van der Waals surface area contributed by atoms with Gasteiger partial charge in [-0.25, -0.2) is 0 Å². The summed E-state index contributed by atoms with van der Waals surface area (Å²) in [6.07, 6.45) is 2.15. The number of nitrogens with one attached hydrogen (secondary N) is 1. The average molecular weight is 309 g/mol. The second-order valence-corrected chi connectivity index (χ2v) is 5.93. The normalized spacial score (nSPS) is 10.9. The Morgan fingerprint density at radius 2 is 1.74 bits per heavy atom. The molecule has 1 aromatic heterocycles. The summed E-state index contributed by atoms with van der Waals surface area (Å²) in [6.45, 7) is 7.00. The van der Waals surface area contributed by atoms with Gasteiger partial charge in [-0.2, -0.15) is 0 Å². The Kier molecular flexibility index (Phi) is 4.56. The first-order valence-electron chi connectivity index (χ1n) is 8.17. The van der Waals surface area contributed by atoms with Gasteiger partial charge in [0.15, 0.2) is 17.2 Å². The van der Waals surface area contributed by atoms with Crippen molar-refractivity contribution < 1.29 is 9.47 Å². The topological polar surface area (TPSA) is 34.2 Å². The highest BCUT2D eigenvalue weighted by Crippen LogP contribution is 2.35. The second kappa shape index (κ2) is 6.78. The molecule has 3 aromatic rings. The Balaban J connectivity index is 1.93. The summed E-state index contributed by atoms with van der Waals surface area (Å²) in [7, 11) is 0. The van der Waals surface area contributed by atoms with E-state index >= 15 is 0 Å². The number of ether oxygens (including phenoxy) is 2. The maximum absolute atomic E-state index is 6.19. The van der Waals surface area contributed by atoms with Crippen LogP contribution in [0.25, 0.3) is 10.9 Å². The number of H-pyrrole nitrogens is 1. The SMILES string of the molecule is CCCCOc1ccccc1Oc1cc(C)cc2cc(C)[nH]c12. The molecule has 0 saturated heterocycles. The summed E-state index contributed by atoms with van der Waals surface area (Å²) in [6, 6.07) is 14.2. The maximum Gasteiger partial charge on any atom is 0.169 e. The summed E-state index contributed by atoms with van der Waals surface area (Å²) in [4.78, 5) is 3.38. The molecule has 3 rings (SSSR count). The van der Waals surface area contributed by atoms with Crippen LogP contribution in [0.2, 0.25) is 0 Å². The predicted molar refractivity (Wildman–Crippen MR) is 94.7 cm³/mol. The number of hydrogen-bond acceptors (Lipinski definition) is 2. The van der Waals surface area contributed by atoms with E-state index in [0.717, 1.165) is 41.3 Å². The van der Waals surface area contributed by atoms with Gasteiger partial charge >= 0.3 is 0 Å². The number of fused-ring (bicyclic) bond motifs is 1. The Labute approximate surface area is 137 Å². The van der Waals surface area contributed by atoms with Gasteiger partial charge in [0.25, 0.3) is 0 Å². The van der Waals surface area contributed by atoms with Gasteiger partial charge in [-0.05, 0) is 56.2 Å². The fourth-order valence-electron chi connectivity index (χ4n) is 2.67. The van der Waals surface area contributed by atoms with Crippen molar-refractivity contribution in [3.63, 3.8) is 0 Å². The maximum atomic E-state index is 6.19. The zero-order valence-electron chi connectivity index (χ0n) is 14.0. The molecule has 0 aliphatic heterocycles.